The molecule has 0 amide bonds. The van der Waals surface area contributed by atoms with Gasteiger partial charge in [-0.15, -0.1) is 10.2 Å². The number of azo groups is 2. The van der Waals surface area contributed by atoms with Crippen LogP contribution in [-0.4, -0.2) is 25.9 Å². The number of nitrogens with two attached hydrogens (primary N) is 2. The predicted molar refractivity (Wildman–Crippen MR) is 184 cm³/mol. The number of fused-ring (bicyclic) bond motifs is 2. The van der Waals surface area contributed by atoms with E-state index in [0.717, 1.165) is 45.7 Å². The van der Waals surface area contributed by atoms with Crippen LogP contribution in [0.1, 0.15) is 11.1 Å². The van der Waals surface area contributed by atoms with Crippen molar-refractivity contribution in [2.75, 3.05) is 11.5 Å². The minimum Gasteiger partial charge on any atom is -0.870 e. The maximum Gasteiger partial charge on any atom is 1.00 e. The van der Waals surface area contributed by atoms with E-state index in [4.69, 9.17) is 11.5 Å². The molecule has 248 valence electrons. The molecule has 0 unspecified atom stereocenters. The first-order chi connectivity index (χ1) is 23.1. The van der Waals surface area contributed by atoms with Crippen LogP contribution < -0.4 is 75.7 Å². The van der Waals surface area contributed by atoms with E-state index in [2.05, 4.69) is 20.5 Å². The number of nitrogens with zero attached hydrogens (tertiary/aromatic N) is 4. The van der Waals surface area contributed by atoms with Crippen LogP contribution in [0.15, 0.2) is 121 Å². The molecule has 0 radical (unpaired) electrons. The topological polar surface area (TPSA) is 236 Å². The number of hydrogen-bond donors (Lipinski definition) is 3. The monoisotopic (exact) mass is 740 g/mol. The van der Waals surface area contributed by atoms with Crippen LogP contribution in [0.25, 0.3) is 32.7 Å². The van der Waals surface area contributed by atoms with Gasteiger partial charge in [-0.25, -0.2) is 8.42 Å². The van der Waals surface area contributed by atoms with Gasteiger partial charge in [-0.1, -0.05) is 42.1 Å². The maximum atomic E-state index is 13.3. The minimum atomic E-state index is -5.05. The van der Waals surface area contributed by atoms with Crippen LogP contribution in [0.2, 0.25) is 0 Å². The standard InChI is InChI=1S/C34H28N6O7S2.2Na/c1-18-13-20(7-10-28(18)37-39-30-12-9-26(35)24-5-3-4-6-25(24)30)21-8-11-29(19(2)14-21)38-40-33-31(49(45,46)47)16-22-15-23(48(42,43)44)17-27(36)32(22)34(33)41;;/h3-17,41H,35-36H2,1-2H3,(H,42,43,44)(H,45,46,47);;/q;2*+1/p-2. The average molecular weight is 741 g/mol. The fourth-order valence-electron chi connectivity index (χ4n) is 5.41. The van der Waals surface area contributed by atoms with Gasteiger partial charge in [0.05, 0.1) is 27.6 Å². The molecule has 5 N–H and O–H groups in total. The molecule has 6 rings (SSSR count). The Morgan fingerprint density at radius 2 is 1.18 bits per heavy atom. The molecule has 0 aliphatic rings. The van der Waals surface area contributed by atoms with Crippen LogP contribution in [0, 0.1) is 13.8 Å². The van der Waals surface area contributed by atoms with Crippen molar-refractivity contribution in [2.24, 2.45) is 20.5 Å². The molecule has 0 saturated carbocycles. The predicted octanol–water partition coefficient (Wildman–Crippen LogP) is 1.50. The third kappa shape index (κ3) is 8.34. The first-order valence-electron chi connectivity index (χ1n) is 14.4. The maximum absolute atomic E-state index is 13.3. The Bertz CT molecular complexity index is 2640. The van der Waals surface area contributed by atoms with Crippen molar-refractivity contribution in [1.29, 1.82) is 0 Å². The van der Waals surface area contributed by atoms with Crippen molar-refractivity contribution in [3.05, 3.63) is 102 Å². The van der Waals surface area contributed by atoms with Gasteiger partial charge >= 0.3 is 59.1 Å². The fourth-order valence-corrected chi connectivity index (χ4v) is 6.61. The Hall–Kier alpha value is -3.74. The van der Waals surface area contributed by atoms with Gasteiger partial charge in [0.15, 0.2) is 0 Å². The van der Waals surface area contributed by atoms with Crippen LogP contribution in [0.3, 0.4) is 0 Å². The van der Waals surface area contributed by atoms with Gasteiger partial charge in [-0.05, 0) is 101 Å². The van der Waals surface area contributed by atoms with Gasteiger partial charge in [0.1, 0.15) is 15.0 Å². The van der Waals surface area contributed by atoms with Gasteiger partial charge in [-0.2, -0.15) is 18.6 Å². The molecule has 0 heterocycles. The summed E-state index contributed by atoms with van der Waals surface area (Å²) in [4.78, 5) is -1.70. The Morgan fingerprint density at radius 1 is 0.647 bits per heavy atom. The minimum absolute atomic E-state index is 0. The third-order valence-corrected chi connectivity index (χ3v) is 9.57. The number of anilines is 2. The summed E-state index contributed by atoms with van der Waals surface area (Å²) in [6, 6.07) is 24.6. The summed E-state index contributed by atoms with van der Waals surface area (Å²) < 4.78 is 68.8. The van der Waals surface area contributed by atoms with Gasteiger partial charge in [0.2, 0.25) is 0 Å². The molecule has 0 fully saturated rings. The fraction of sp³-hybridized carbons (Fsp3) is 0.0588. The summed E-state index contributed by atoms with van der Waals surface area (Å²) in [6.45, 7) is 3.66. The molecular weight excluding hydrogens is 715 g/mol. The molecule has 0 aliphatic carbocycles. The van der Waals surface area contributed by atoms with E-state index in [-0.39, 0.29) is 69.9 Å². The number of aryl methyl sites for hydroxylation is 2. The summed E-state index contributed by atoms with van der Waals surface area (Å²) in [5, 5.41) is 31.4. The van der Waals surface area contributed by atoms with Crippen molar-refractivity contribution >= 4 is 75.9 Å². The number of nitrogen functional groups attached to an aromatic ring is 2. The molecule has 6 aromatic rings. The second-order valence-electron chi connectivity index (χ2n) is 11.2. The van der Waals surface area contributed by atoms with Crippen molar-refractivity contribution in [1.82, 2.24) is 0 Å². The Balaban J connectivity index is 0.00000292. The van der Waals surface area contributed by atoms with Crippen LogP contribution in [0.4, 0.5) is 34.1 Å². The molecule has 0 aliphatic heterocycles. The second kappa shape index (κ2) is 15.5. The average Bonchev–Trinajstić information content (AvgIpc) is 3.04. The first-order valence-corrected chi connectivity index (χ1v) is 17.3. The molecule has 0 spiro atoms. The van der Waals surface area contributed by atoms with E-state index in [0.29, 0.717) is 28.3 Å². The summed E-state index contributed by atoms with van der Waals surface area (Å²) in [6.07, 6.45) is 0. The molecule has 0 bridgehead atoms. The summed E-state index contributed by atoms with van der Waals surface area (Å²) in [5.41, 5.74) is 16.4. The van der Waals surface area contributed by atoms with Gasteiger partial charge < -0.3 is 21.1 Å². The second-order valence-corrected chi connectivity index (χ2v) is 14.0. The van der Waals surface area contributed by atoms with Crippen LogP contribution >= 0.6 is 0 Å². The summed E-state index contributed by atoms with van der Waals surface area (Å²) in [5.74, 6) is -1.03. The molecule has 0 atom stereocenters. The largest absolute Gasteiger partial charge is 1.00 e. The number of hydrogen-bond acceptors (Lipinski definition) is 12. The normalized spacial score (nSPS) is 12.0. The van der Waals surface area contributed by atoms with Gasteiger partial charge in [0, 0.05) is 22.1 Å². The first kappa shape index (κ1) is 40.0. The van der Waals surface area contributed by atoms with Gasteiger partial charge in [-0.3, -0.25) is 4.55 Å². The van der Waals surface area contributed by atoms with E-state index in [1.165, 1.54) is 0 Å². The van der Waals surface area contributed by atoms with Gasteiger partial charge in [0.25, 0.3) is 10.1 Å². The Labute approximate surface area is 337 Å². The quantitative estimate of drug-likeness (QED) is 0.0930. The van der Waals surface area contributed by atoms with Crippen LogP contribution in [0.5, 0.6) is 5.75 Å². The molecule has 17 heteroatoms. The molecular formula is C34H26N6Na2O7S2. The van der Waals surface area contributed by atoms with Crippen molar-refractivity contribution in [3.8, 4) is 16.9 Å². The number of rotatable bonds is 7. The van der Waals surface area contributed by atoms with E-state index in [9.17, 15) is 31.0 Å². The van der Waals surface area contributed by atoms with Crippen molar-refractivity contribution in [3.63, 3.8) is 0 Å². The zero-order valence-electron chi connectivity index (χ0n) is 27.8. The van der Waals surface area contributed by atoms with E-state index in [1.807, 2.05) is 61.5 Å². The third-order valence-electron chi connectivity index (χ3n) is 7.89. The summed E-state index contributed by atoms with van der Waals surface area (Å²) >= 11 is 0. The number of benzene rings is 6. The molecule has 6 aromatic carbocycles. The SMILES string of the molecule is Cc1cc(-c2ccc(N=Nc3ccc(N)c4ccccc34)c(C)c2)ccc1N=Nc1c(S(=O)(=O)O)cc2cc(S(=O)(=O)[O-])cc(N)c2c1[O-].[Na+].[Na+]. The van der Waals surface area contributed by atoms with E-state index < -0.39 is 47.2 Å². The molecule has 0 saturated heterocycles. The zero-order valence-corrected chi connectivity index (χ0v) is 33.5. The molecule has 51 heavy (non-hydrogen) atoms. The Morgan fingerprint density at radius 3 is 1.73 bits per heavy atom. The zero-order chi connectivity index (χ0) is 35.2. The van der Waals surface area contributed by atoms with E-state index >= 15 is 0 Å². The Kier molecular flexibility index (Phi) is 12.1. The van der Waals surface area contributed by atoms with Crippen molar-refractivity contribution in [2.45, 2.75) is 23.6 Å². The van der Waals surface area contributed by atoms with Crippen LogP contribution in [-0.2, 0) is 20.2 Å². The van der Waals surface area contributed by atoms with E-state index in [1.54, 1.807) is 25.1 Å². The smallest absolute Gasteiger partial charge is 0.870 e. The molecule has 0 aromatic heterocycles. The van der Waals surface area contributed by atoms with Crippen molar-refractivity contribution < 1.29 is 90.2 Å². The summed E-state index contributed by atoms with van der Waals surface area (Å²) in [7, 11) is -10.0. The molecule has 13 nitrogen and oxygen atoms in total.